The summed E-state index contributed by atoms with van der Waals surface area (Å²) in [5.41, 5.74) is 0.234. The Morgan fingerprint density at radius 2 is 2.21 bits per heavy atom. The van der Waals surface area contributed by atoms with Gasteiger partial charge < -0.3 is 4.57 Å². The summed E-state index contributed by atoms with van der Waals surface area (Å²) in [7, 11) is 0. The highest BCUT2D eigenvalue weighted by molar-refractivity contribution is 7.99. The van der Waals surface area contributed by atoms with E-state index in [0.29, 0.717) is 16.1 Å². The first-order valence-corrected chi connectivity index (χ1v) is 9.52. The maximum Gasteiger partial charge on any atom is 0.197 e. The topological polar surface area (TPSA) is 67.4 Å². The predicted molar refractivity (Wildman–Crippen MR) is 93.5 cm³/mol. The Bertz CT molecular complexity index is 909. The first kappa shape index (κ1) is 15.6. The van der Waals surface area contributed by atoms with Gasteiger partial charge in [0.1, 0.15) is 16.9 Å². The van der Waals surface area contributed by atoms with Crippen LogP contribution in [0.4, 0.5) is 0 Å². The van der Waals surface area contributed by atoms with Gasteiger partial charge in [0.05, 0.1) is 5.02 Å². The summed E-state index contributed by atoms with van der Waals surface area (Å²) >= 11 is 9.10. The molecule has 4 rings (SSSR count). The molecule has 0 spiro atoms. The number of rotatable bonds is 5. The fraction of sp³-hybridized carbons (Fsp3) is 0.250. The van der Waals surface area contributed by atoms with Crippen LogP contribution in [-0.4, -0.2) is 19.7 Å². The minimum absolute atomic E-state index is 0.234. The van der Waals surface area contributed by atoms with Gasteiger partial charge in [0.2, 0.25) is 0 Å². The van der Waals surface area contributed by atoms with Gasteiger partial charge in [-0.15, -0.1) is 21.5 Å². The maximum absolute atomic E-state index is 9.07. The van der Waals surface area contributed by atoms with E-state index in [1.165, 1.54) is 16.6 Å². The Balaban J connectivity index is 1.64. The van der Waals surface area contributed by atoms with E-state index in [1.54, 1.807) is 23.5 Å². The van der Waals surface area contributed by atoms with Crippen LogP contribution in [0.3, 0.4) is 0 Å². The van der Waals surface area contributed by atoms with Gasteiger partial charge in [-0.25, -0.2) is 4.98 Å². The molecule has 0 N–H and O–H groups in total. The van der Waals surface area contributed by atoms with Gasteiger partial charge >= 0.3 is 0 Å². The van der Waals surface area contributed by atoms with Crippen molar-refractivity contribution in [1.29, 1.82) is 5.26 Å². The number of nitrogens with zero attached hydrogens (tertiary/aromatic N) is 5. The van der Waals surface area contributed by atoms with Gasteiger partial charge in [-0.1, -0.05) is 17.7 Å². The van der Waals surface area contributed by atoms with Gasteiger partial charge in [-0.3, -0.25) is 0 Å². The molecule has 120 valence electrons. The fourth-order valence-electron chi connectivity index (χ4n) is 2.42. The van der Waals surface area contributed by atoms with Crippen LogP contribution in [0.15, 0.2) is 39.8 Å². The van der Waals surface area contributed by atoms with Crippen LogP contribution in [0.25, 0.3) is 0 Å². The summed E-state index contributed by atoms with van der Waals surface area (Å²) in [6.45, 7) is 0. The van der Waals surface area contributed by atoms with Crippen molar-refractivity contribution >= 4 is 34.7 Å². The zero-order chi connectivity index (χ0) is 16.5. The number of nitriles is 1. The number of halogens is 1. The standard InChI is InChI=1S/C16H12ClN5S2/c17-12-5-6-15(19-13(12)9-18)24-16-21-20-14(22(16)10-3-4-10)8-11-2-1-7-23-11/h1-2,5-7,10H,3-4,8H2. The van der Waals surface area contributed by atoms with Crippen molar-refractivity contribution in [3.05, 3.63) is 51.1 Å². The average molecular weight is 374 g/mol. The molecule has 1 saturated carbocycles. The number of hydrogen-bond acceptors (Lipinski definition) is 6. The molecule has 3 heterocycles. The van der Waals surface area contributed by atoms with Crippen LogP contribution in [-0.2, 0) is 6.42 Å². The van der Waals surface area contributed by atoms with E-state index in [0.717, 1.165) is 30.2 Å². The van der Waals surface area contributed by atoms with Crippen molar-refractivity contribution in [3.8, 4) is 6.07 Å². The second-order valence-corrected chi connectivity index (χ2v) is 7.88. The Kier molecular flexibility index (Phi) is 4.27. The van der Waals surface area contributed by atoms with Crippen molar-refractivity contribution in [3.63, 3.8) is 0 Å². The van der Waals surface area contributed by atoms with Crippen molar-refractivity contribution in [1.82, 2.24) is 19.7 Å². The highest BCUT2D eigenvalue weighted by atomic mass is 35.5. The third-order valence-corrected chi connectivity index (χ3v) is 5.76. The highest BCUT2D eigenvalue weighted by Crippen LogP contribution is 2.40. The SMILES string of the molecule is N#Cc1nc(Sc2nnc(Cc3cccs3)n2C2CC2)ccc1Cl. The fourth-order valence-corrected chi connectivity index (χ4v) is 4.16. The van der Waals surface area contributed by atoms with Crippen LogP contribution in [0, 0.1) is 11.3 Å². The van der Waals surface area contributed by atoms with Crippen LogP contribution in [0.5, 0.6) is 0 Å². The van der Waals surface area contributed by atoms with Gasteiger partial charge in [-0.2, -0.15) is 5.26 Å². The molecular formula is C16H12ClN5S2. The Labute approximate surface area is 152 Å². The summed E-state index contributed by atoms with van der Waals surface area (Å²) in [6.07, 6.45) is 3.10. The summed E-state index contributed by atoms with van der Waals surface area (Å²) in [4.78, 5) is 5.56. The van der Waals surface area contributed by atoms with Crippen molar-refractivity contribution in [2.75, 3.05) is 0 Å². The van der Waals surface area contributed by atoms with E-state index in [4.69, 9.17) is 16.9 Å². The molecular weight excluding hydrogens is 362 g/mol. The second-order valence-electron chi connectivity index (χ2n) is 5.45. The molecule has 5 nitrogen and oxygen atoms in total. The van der Waals surface area contributed by atoms with Crippen LogP contribution in [0.2, 0.25) is 5.02 Å². The lowest BCUT2D eigenvalue weighted by atomic mass is 10.3. The van der Waals surface area contributed by atoms with Crippen LogP contribution < -0.4 is 0 Å². The molecule has 0 atom stereocenters. The molecule has 0 saturated heterocycles. The summed E-state index contributed by atoms with van der Waals surface area (Å²) in [5, 5.41) is 21.8. The lowest BCUT2D eigenvalue weighted by Gasteiger charge is -2.08. The lowest BCUT2D eigenvalue weighted by molar-refractivity contribution is 0.634. The Hall–Kier alpha value is -1.88. The maximum atomic E-state index is 9.07. The molecule has 1 aliphatic carbocycles. The van der Waals surface area contributed by atoms with Crippen molar-refractivity contribution < 1.29 is 0 Å². The first-order chi connectivity index (χ1) is 11.7. The Morgan fingerprint density at radius 1 is 1.33 bits per heavy atom. The third kappa shape index (κ3) is 3.18. The lowest BCUT2D eigenvalue weighted by Crippen LogP contribution is -2.03. The van der Waals surface area contributed by atoms with Crippen LogP contribution in [0.1, 0.15) is 35.3 Å². The van der Waals surface area contributed by atoms with E-state index < -0.39 is 0 Å². The van der Waals surface area contributed by atoms with E-state index in [-0.39, 0.29) is 5.69 Å². The summed E-state index contributed by atoms with van der Waals surface area (Å²) in [6, 6.07) is 10.1. The van der Waals surface area contributed by atoms with E-state index >= 15 is 0 Å². The van der Waals surface area contributed by atoms with Gasteiger partial charge in [-0.05, 0) is 48.2 Å². The monoisotopic (exact) mass is 373 g/mol. The summed E-state index contributed by atoms with van der Waals surface area (Å²) in [5.74, 6) is 0.983. The Morgan fingerprint density at radius 3 is 2.92 bits per heavy atom. The molecule has 3 aromatic heterocycles. The molecule has 1 fully saturated rings. The molecule has 24 heavy (non-hydrogen) atoms. The molecule has 3 aromatic rings. The molecule has 0 amide bonds. The third-order valence-electron chi connectivity index (χ3n) is 3.68. The van der Waals surface area contributed by atoms with E-state index in [2.05, 4.69) is 37.3 Å². The zero-order valence-electron chi connectivity index (χ0n) is 12.5. The quantitative estimate of drug-likeness (QED) is 0.665. The number of hydrogen-bond donors (Lipinski definition) is 0. The summed E-state index contributed by atoms with van der Waals surface area (Å²) < 4.78 is 2.22. The molecule has 8 heteroatoms. The highest BCUT2D eigenvalue weighted by Gasteiger charge is 2.30. The van der Waals surface area contributed by atoms with Gasteiger partial charge in [0.25, 0.3) is 0 Å². The normalized spacial score (nSPS) is 13.8. The number of aromatic nitrogens is 4. The van der Waals surface area contributed by atoms with E-state index in [9.17, 15) is 0 Å². The zero-order valence-corrected chi connectivity index (χ0v) is 14.9. The predicted octanol–water partition coefficient (Wildman–Crippen LogP) is 4.34. The first-order valence-electron chi connectivity index (χ1n) is 7.45. The molecule has 1 aliphatic rings. The molecule has 0 bridgehead atoms. The minimum Gasteiger partial charge on any atom is -0.302 e. The number of thiophene rings is 1. The van der Waals surface area contributed by atoms with Crippen molar-refractivity contribution in [2.24, 2.45) is 0 Å². The second kappa shape index (κ2) is 6.55. The molecule has 0 radical (unpaired) electrons. The molecule has 0 unspecified atom stereocenters. The average Bonchev–Trinajstić information content (AvgIpc) is 3.14. The minimum atomic E-state index is 0.234. The van der Waals surface area contributed by atoms with Crippen LogP contribution >= 0.6 is 34.7 Å². The molecule has 0 aromatic carbocycles. The van der Waals surface area contributed by atoms with Gasteiger partial charge in [0, 0.05) is 17.3 Å². The molecule has 0 aliphatic heterocycles. The van der Waals surface area contributed by atoms with E-state index in [1.807, 2.05) is 6.07 Å². The largest absolute Gasteiger partial charge is 0.302 e. The van der Waals surface area contributed by atoms with Crippen molar-refractivity contribution in [2.45, 2.75) is 35.5 Å². The smallest absolute Gasteiger partial charge is 0.197 e. The number of pyridine rings is 1. The van der Waals surface area contributed by atoms with Gasteiger partial charge in [0.15, 0.2) is 10.9 Å².